The Kier molecular flexibility index (Phi) is 3.68. The SMILES string of the molecule is NNC(=O)[C@H]1CC[C@H](c2cccnc2F)CC1. The molecule has 3 N–H and O–H groups in total. The Morgan fingerprint density at radius 2 is 2.12 bits per heavy atom. The first-order valence-corrected chi connectivity index (χ1v) is 5.83. The minimum atomic E-state index is -0.390. The van der Waals surface area contributed by atoms with Crippen molar-refractivity contribution in [1.82, 2.24) is 10.4 Å². The van der Waals surface area contributed by atoms with Crippen molar-refractivity contribution in [2.45, 2.75) is 31.6 Å². The second-order valence-electron chi connectivity index (χ2n) is 4.44. The highest BCUT2D eigenvalue weighted by atomic mass is 19.1. The van der Waals surface area contributed by atoms with Gasteiger partial charge in [0.1, 0.15) is 0 Å². The summed E-state index contributed by atoms with van der Waals surface area (Å²) in [6.07, 6.45) is 4.57. The molecular weight excluding hydrogens is 221 g/mol. The predicted molar refractivity (Wildman–Crippen MR) is 61.2 cm³/mol. The Bertz CT molecular complexity index is 402. The van der Waals surface area contributed by atoms with Crippen molar-refractivity contribution in [3.8, 4) is 0 Å². The second-order valence-corrected chi connectivity index (χ2v) is 4.44. The van der Waals surface area contributed by atoms with E-state index in [2.05, 4.69) is 10.4 Å². The Morgan fingerprint density at radius 1 is 1.41 bits per heavy atom. The number of pyridine rings is 1. The maximum atomic E-state index is 13.5. The average molecular weight is 237 g/mol. The summed E-state index contributed by atoms with van der Waals surface area (Å²) in [5.74, 6) is 4.74. The fraction of sp³-hybridized carbons (Fsp3) is 0.500. The monoisotopic (exact) mass is 237 g/mol. The normalized spacial score (nSPS) is 24.4. The summed E-state index contributed by atoms with van der Waals surface area (Å²) in [4.78, 5) is 15.0. The van der Waals surface area contributed by atoms with Crippen molar-refractivity contribution in [2.75, 3.05) is 0 Å². The summed E-state index contributed by atoms with van der Waals surface area (Å²) in [5.41, 5.74) is 2.84. The molecule has 1 fully saturated rings. The lowest BCUT2D eigenvalue weighted by Gasteiger charge is -2.27. The molecular formula is C12H16FN3O. The number of halogens is 1. The molecule has 1 aliphatic rings. The Balaban J connectivity index is 2.00. The van der Waals surface area contributed by atoms with E-state index in [0.29, 0.717) is 5.56 Å². The number of hydrogen-bond acceptors (Lipinski definition) is 3. The highest BCUT2D eigenvalue weighted by Crippen LogP contribution is 2.36. The van der Waals surface area contributed by atoms with Gasteiger partial charge < -0.3 is 0 Å². The molecule has 4 nitrogen and oxygen atoms in total. The topological polar surface area (TPSA) is 68.0 Å². The molecule has 1 heterocycles. The molecule has 1 amide bonds. The van der Waals surface area contributed by atoms with Crippen molar-refractivity contribution in [3.05, 3.63) is 29.8 Å². The first-order chi connectivity index (χ1) is 8.22. The van der Waals surface area contributed by atoms with Gasteiger partial charge in [0, 0.05) is 17.7 Å². The molecule has 5 heteroatoms. The van der Waals surface area contributed by atoms with Gasteiger partial charge in [0.05, 0.1) is 0 Å². The van der Waals surface area contributed by atoms with E-state index in [4.69, 9.17) is 5.84 Å². The van der Waals surface area contributed by atoms with Gasteiger partial charge in [-0.05, 0) is 37.7 Å². The molecule has 1 aromatic heterocycles. The number of nitrogens with zero attached hydrogens (tertiary/aromatic N) is 1. The Labute approximate surface area is 99.4 Å². The quantitative estimate of drug-likeness (QED) is 0.354. The lowest BCUT2D eigenvalue weighted by Crippen LogP contribution is -2.37. The van der Waals surface area contributed by atoms with Gasteiger partial charge >= 0.3 is 0 Å². The molecule has 1 aromatic rings. The third-order valence-electron chi connectivity index (χ3n) is 3.47. The van der Waals surface area contributed by atoms with Crippen LogP contribution in [0.15, 0.2) is 18.3 Å². The summed E-state index contributed by atoms with van der Waals surface area (Å²) < 4.78 is 13.5. The van der Waals surface area contributed by atoms with E-state index in [1.807, 2.05) is 0 Å². The highest BCUT2D eigenvalue weighted by molar-refractivity contribution is 5.78. The van der Waals surface area contributed by atoms with Crippen LogP contribution in [0.25, 0.3) is 0 Å². The summed E-state index contributed by atoms with van der Waals surface area (Å²) in [6.45, 7) is 0. The first-order valence-electron chi connectivity index (χ1n) is 5.83. The van der Waals surface area contributed by atoms with Crippen LogP contribution < -0.4 is 11.3 Å². The zero-order valence-corrected chi connectivity index (χ0v) is 9.53. The molecule has 0 spiro atoms. The van der Waals surface area contributed by atoms with Gasteiger partial charge in [0.25, 0.3) is 0 Å². The number of rotatable bonds is 2. The van der Waals surface area contributed by atoms with Crippen molar-refractivity contribution in [2.24, 2.45) is 11.8 Å². The molecule has 0 atom stereocenters. The minimum Gasteiger partial charge on any atom is -0.294 e. The van der Waals surface area contributed by atoms with Gasteiger partial charge in [-0.15, -0.1) is 0 Å². The number of hydrazine groups is 1. The van der Waals surface area contributed by atoms with Crippen LogP contribution in [0, 0.1) is 11.9 Å². The Morgan fingerprint density at radius 3 is 2.71 bits per heavy atom. The molecule has 17 heavy (non-hydrogen) atoms. The Hall–Kier alpha value is -1.49. The van der Waals surface area contributed by atoms with Gasteiger partial charge in [-0.3, -0.25) is 10.2 Å². The predicted octanol–water partition coefficient (Wildman–Crippen LogP) is 1.48. The molecule has 0 radical (unpaired) electrons. The largest absolute Gasteiger partial charge is 0.294 e. The van der Waals surface area contributed by atoms with Crippen LogP contribution in [-0.2, 0) is 4.79 Å². The fourth-order valence-electron chi connectivity index (χ4n) is 2.49. The zero-order chi connectivity index (χ0) is 12.3. The van der Waals surface area contributed by atoms with Crippen LogP contribution in [0.1, 0.15) is 37.2 Å². The number of hydrogen-bond donors (Lipinski definition) is 2. The van der Waals surface area contributed by atoms with E-state index in [1.165, 1.54) is 6.20 Å². The molecule has 0 bridgehead atoms. The summed E-state index contributed by atoms with van der Waals surface area (Å²) in [7, 11) is 0. The van der Waals surface area contributed by atoms with E-state index in [-0.39, 0.29) is 23.7 Å². The lowest BCUT2D eigenvalue weighted by molar-refractivity contribution is -0.126. The van der Waals surface area contributed by atoms with Crippen molar-refractivity contribution in [3.63, 3.8) is 0 Å². The van der Waals surface area contributed by atoms with Gasteiger partial charge in [-0.1, -0.05) is 6.07 Å². The van der Waals surface area contributed by atoms with E-state index in [0.717, 1.165) is 25.7 Å². The van der Waals surface area contributed by atoms with Crippen LogP contribution in [0.2, 0.25) is 0 Å². The van der Waals surface area contributed by atoms with E-state index >= 15 is 0 Å². The molecule has 0 aliphatic heterocycles. The molecule has 92 valence electrons. The third-order valence-corrected chi connectivity index (χ3v) is 3.47. The van der Waals surface area contributed by atoms with E-state index in [9.17, 15) is 9.18 Å². The summed E-state index contributed by atoms with van der Waals surface area (Å²) in [6, 6.07) is 3.52. The third kappa shape index (κ3) is 2.61. The zero-order valence-electron chi connectivity index (χ0n) is 9.53. The van der Waals surface area contributed by atoms with Gasteiger partial charge in [-0.2, -0.15) is 4.39 Å². The van der Waals surface area contributed by atoms with E-state index < -0.39 is 0 Å². The molecule has 1 aliphatic carbocycles. The number of nitrogens with one attached hydrogen (secondary N) is 1. The maximum absolute atomic E-state index is 13.5. The second kappa shape index (κ2) is 5.23. The molecule has 0 unspecified atom stereocenters. The van der Waals surface area contributed by atoms with Crippen LogP contribution >= 0.6 is 0 Å². The highest BCUT2D eigenvalue weighted by Gasteiger charge is 2.28. The number of aromatic nitrogens is 1. The number of amides is 1. The van der Waals surface area contributed by atoms with E-state index in [1.54, 1.807) is 12.1 Å². The van der Waals surface area contributed by atoms with Gasteiger partial charge in [0.15, 0.2) is 0 Å². The molecule has 1 saturated carbocycles. The standard InChI is InChI=1S/C12H16FN3O/c13-11-10(2-1-7-15-11)8-3-5-9(6-4-8)12(17)16-14/h1-2,7-9H,3-6,14H2,(H,16,17)/t8-,9-. The van der Waals surface area contributed by atoms with Crippen molar-refractivity contribution < 1.29 is 9.18 Å². The summed E-state index contributed by atoms with van der Waals surface area (Å²) >= 11 is 0. The number of nitrogens with two attached hydrogens (primary N) is 1. The number of carbonyl (C=O) groups is 1. The van der Waals surface area contributed by atoms with Crippen LogP contribution in [0.3, 0.4) is 0 Å². The van der Waals surface area contributed by atoms with Crippen LogP contribution in [0.5, 0.6) is 0 Å². The minimum absolute atomic E-state index is 0.0315. The first kappa shape index (κ1) is 12.0. The lowest BCUT2D eigenvalue weighted by atomic mass is 9.79. The smallest absolute Gasteiger partial charge is 0.236 e. The average Bonchev–Trinajstić information content (AvgIpc) is 2.39. The number of carbonyl (C=O) groups excluding carboxylic acids is 1. The molecule has 2 rings (SSSR count). The molecule has 0 saturated heterocycles. The van der Waals surface area contributed by atoms with Gasteiger partial charge in [-0.25, -0.2) is 10.8 Å². The van der Waals surface area contributed by atoms with Crippen LogP contribution in [0.4, 0.5) is 4.39 Å². The maximum Gasteiger partial charge on any atom is 0.236 e. The van der Waals surface area contributed by atoms with Gasteiger partial charge in [0.2, 0.25) is 11.9 Å². The van der Waals surface area contributed by atoms with Crippen LogP contribution in [-0.4, -0.2) is 10.9 Å². The molecule has 0 aromatic carbocycles. The fourth-order valence-corrected chi connectivity index (χ4v) is 2.49. The van der Waals surface area contributed by atoms with Crippen molar-refractivity contribution in [1.29, 1.82) is 0 Å². The van der Waals surface area contributed by atoms with Crippen molar-refractivity contribution >= 4 is 5.91 Å². The summed E-state index contributed by atoms with van der Waals surface area (Å²) in [5, 5.41) is 0.